The largest absolute Gasteiger partial charge is 0.454 e. The summed E-state index contributed by atoms with van der Waals surface area (Å²) in [4.78, 5) is 16.6. The van der Waals surface area contributed by atoms with Crippen molar-refractivity contribution in [2.45, 2.75) is 6.92 Å². The summed E-state index contributed by atoms with van der Waals surface area (Å²) >= 11 is 6.22. The highest BCUT2D eigenvalue weighted by Gasteiger charge is 2.22. The average Bonchev–Trinajstić information content (AvgIpc) is 3.12. The standard InChI is InChI=1S/C19H20ClN3O3/c1-13-2-4-15(11-16(13)20)22-6-8-23(9-7-22)19(24)21-14-3-5-17-18(10-14)26-12-25-17/h2-5,10-11H,6-9,12H2,1H3,(H,21,24). The molecule has 2 aromatic carbocycles. The van der Waals surface area contributed by atoms with Gasteiger partial charge in [0.1, 0.15) is 0 Å². The fourth-order valence-corrected chi connectivity index (χ4v) is 3.30. The van der Waals surface area contributed by atoms with E-state index in [2.05, 4.69) is 16.3 Å². The summed E-state index contributed by atoms with van der Waals surface area (Å²) < 4.78 is 10.6. The van der Waals surface area contributed by atoms with Gasteiger partial charge in [0.25, 0.3) is 0 Å². The Morgan fingerprint density at radius 2 is 1.81 bits per heavy atom. The number of hydrogen-bond donors (Lipinski definition) is 1. The van der Waals surface area contributed by atoms with Crippen molar-refractivity contribution in [3.8, 4) is 11.5 Å². The van der Waals surface area contributed by atoms with Gasteiger partial charge in [0.15, 0.2) is 11.5 Å². The molecule has 2 heterocycles. The molecule has 0 radical (unpaired) electrons. The van der Waals surface area contributed by atoms with E-state index in [0.717, 1.165) is 29.4 Å². The number of benzene rings is 2. The van der Waals surface area contributed by atoms with Crippen LogP contribution >= 0.6 is 11.6 Å². The summed E-state index contributed by atoms with van der Waals surface area (Å²) in [6.07, 6.45) is 0. The van der Waals surface area contributed by atoms with Crippen LogP contribution in [-0.2, 0) is 0 Å². The summed E-state index contributed by atoms with van der Waals surface area (Å²) in [7, 11) is 0. The number of hydrogen-bond acceptors (Lipinski definition) is 4. The van der Waals surface area contributed by atoms with Gasteiger partial charge in [-0.05, 0) is 36.8 Å². The van der Waals surface area contributed by atoms with Crippen molar-refractivity contribution < 1.29 is 14.3 Å². The van der Waals surface area contributed by atoms with Crippen molar-refractivity contribution in [2.75, 3.05) is 43.2 Å². The fraction of sp³-hybridized carbons (Fsp3) is 0.316. The van der Waals surface area contributed by atoms with E-state index in [0.29, 0.717) is 30.3 Å². The lowest BCUT2D eigenvalue weighted by Crippen LogP contribution is -2.50. The highest BCUT2D eigenvalue weighted by atomic mass is 35.5. The zero-order chi connectivity index (χ0) is 18.1. The van der Waals surface area contributed by atoms with Crippen molar-refractivity contribution in [2.24, 2.45) is 0 Å². The number of amides is 2. The lowest BCUT2D eigenvalue weighted by atomic mass is 10.2. The van der Waals surface area contributed by atoms with Crippen molar-refractivity contribution in [3.05, 3.63) is 47.0 Å². The molecule has 2 aromatic rings. The van der Waals surface area contributed by atoms with E-state index < -0.39 is 0 Å². The second-order valence-corrected chi connectivity index (χ2v) is 6.81. The number of halogens is 1. The summed E-state index contributed by atoms with van der Waals surface area (Å²) in [6.45, 7) is 5.06. The number of fused-ring (bicyclic) bond motifs is 1. The number of nitrogens with zero attached hydrogens (tertiary/aromatic N) is 2. The molecule has 2 aliphatic rings. The molecule has 26 heavy (non-hydrogen) atoms. The van der Waals surface area contributed by atoms with Gasteiger partial charge >= 0.3 is 6.03 Å². The molecule has 1 fully saturated rings. The highest BCUT2D eigenvalue weighted by molar-refractivity contribution is 6.31. The number of piperazine rings is 1. The molecule has 2 aliphatic heterocycles. The number of ether oxygens (including phenoxy) is 2. The molecule has 0 aromatic heterocycles. The Morgan fingerprint density at radius 1 is 1.04 bits per heavy atom. The van der Waals surface area contributed by atoms with Crippen LogP contribution in [0.3, 0.4) is 0 Å². The van der Waals surface area contributed by atoms with E-state index in [1.165, 1.54) is 0 Å². The molecule has 2 amide bonds. The van der Waals surface area contributed by atoms with Crippen molar-refractivity contribution in [3.63, 3.8) is 0 Å². The third kappa shape index (κ3) is 3.37. The lowest BCUT2D eigenvalue weighted by Gasteiger charge is -2.36. The average molecular weight is 374 g/mol. The first-order valence-electron chi connectivity index (χ1n) is 8.57. The smallest absolute Gasteiger partial charge is 0.321 e. The van der Waals surface area contributed by atoms with E-state index in [4.69, 9.17) is 21.1 Å². The van der Waals surface area contributed by atoms with Gasteiger partial charge in [0, 0.05) is 48.6 Å². The minimum Gasteiger partial charge on any atom is -0.454 e. The minimum absolute atomic E-state index is 0.106. The molecule has 0 unspecified atom stereocenters. The minimum atomic E-state index is -0.106. The molecule has 7 heteroatoms. The van der Waals surface area contributed by atoms with Gasteiger partial charge < -0.3 is 24.6 Å². The molecule has 1 N–H and O–H groups in total. The topological polar surface area (TPSA) is 54.0 Å². The van der Waals surface area contributed by atoms with E-state index in [1.807, 2.05) is 30.0 Å². The Labute approximate surface area is 157 Å². The number of nitrogens with one attached hydrogen (secondary N) is 1. The van der Waals surface area contributed by atoms with Crippen LogP contribution < -0.4 is 19.7 Å². The zero-order valence-electron chi connectivity index (χ0n) is 14.5. The Kier molecular flexibility index (Phi) is 4.51. The molecule has 0 saturated carbocycles. The number of carbonyl (C=O) groups is 1. The Morgan fingerprint density at radius 3 is 2.58 bits per heavy atom. The van der Waals surface area contributed by atoms with Gasteiger partial charge in [0.2, 0.25) is 6.79 Å². The molecule has 0 atom stereocenters. The van der Waals surface area contributed by atoms with E-state index in [1.54, 1.807) is 12.1 Å². The summed E-state index contributed by atoms with van der Waals surface area (Å²) in [5.74, 6) is 1.36. The molecule has 0 bridgehead atoms. The van der Waals surface area contributed by atoms with Gasteiger partial charge in [-0.1, -0.05) is 17.7 Å². The Hall–Kier alpha value is -2.60. The highest BCUT2D eigenvalue weighted by Crippen LogP contribution is 2.34. The van der Waals surface area contributed by atoms with E-state index in [9.17, 15) is 4.79 Å². The maximum absolute atomic E-state index is 12.5. The normalized spacial score (nSPS) is 15.9. The van der Waals surface area contributed by atoms with Crippen LogP contribution in [0.25, 0.3) is 0 Å². The number of aryl methyl sites for hydroxylation is 1. The van der Waals surface area contributed by atoms with Gasteiger partial charge in [-0.15, -0.1) is 0 Å². The van der Waals surface area contributed by atoms with Crippen LogP contribution in [0.4, 0.5) is 16.2 Å². The monoisotopic (exact) mass is 373 g/mol. The van der Waals surface area contributed by atoms with Crippen LogP contribution in [0, 0.1) is 6.92 Å². The van der Waals surface area contributed by atoms with Crippen molar-refractivity contribution >= 4 is 29.0 Å². The predicted octanol–water partition coefficient (Wildman–Crippen LogP) is 3.73. The molecule has 6 nitrogen and oxygen atoms in total. The zero-order valence-corrected chi connectivity index (χ0v) is 15.3. The maximum atomic E-state index is 12.5. The lowest BCUT2D eigenvalue weighted by molar-refractivity contribution is 0.174. The van der Waals surface area contributed by atoms with Crippen LogP contribution in [0.1, 0.15) is 5.56 Å². The fourth-order valence-electron chi connectivity index (χ4n) is 3.12. The molecule has 136 valence electrons. The first kappa shape index (κ1) is 16.8. The number of anilines is 2. The maximum Gasteiger partial charge on any atom is 0.321 e. The molecule has 1 saturated heterocycles. The van der Waals surface area contributed by atoms with Crippen molar-refractivity contribution in [1.29, 1.82) is 0 Å². The van der Waals surface area contributed by atoms with E-state index >= 15 is 0 Å². The van der Waals surface area contributed by atoms with Gasteiger partial charge in [0.05, 0.1) is 0 Å². The SMILES string of the molecule is Cc1ccc(N2CCN(C(=O)Nc3ccc4c(c3)OCO4)CC2)cc1Cl. The first-order valence-corrected chi connectivity index (χ1v) is 8.94. The number of urea groups is 1. The molecular formula is C19H20ClN3O3. The predicted molar refractivity (Wildman–Crippen MR) is 102 cm³/mol. The van der Waals surface area contributed by atoms with E-state index in [-0.39, 0.29) is 12.8 Å². The van der Waals surface area contributed by atoms with Crippen LogP contribution in [-0.4, -0.2) is 43.9 Å². The van der Waals surface area contributed by atoms with Crippen LogP contribution in [0.5, 0.6) is 11.5 Å². The summed E-state index contributed by atoms with van der Waals surface area (Å²) in [6, 6.07) is 11.4. The Bertz CT molecular complexity index is 835. The molecule has 0 spiro atoms. The quantitative estimate of drug-likeness (QED) is 0.871. The first-order chi connectivity index (χ1) is 12.6. The Balaban J connectivity index is 1.35. The second kappa shape index (κ2) is 6.96. The summed E-state index contributed by atoms with van der Waals surface area (Å²) in [5, 5.41) is 3.69. The number of carbonyl (C=O) groups excluding carboxylic acids is 1. The second-order valence-electron chi connectivity index (χ2n) is 6.41. The van der Waals surface area contributed by atoms with Crippen LogP contribution in [0.2, 0.25) is 5.02 Å². The van der Waals surface area contributed by atoms with Gasteiger partial charge in [-0.3, -0.25) is 0 Å². The molecule has 4 rings (SSSR count). The van der Waals surface area contributed by atoms with Crippen LogP contribution in [0.15, 0.2) is 36.4 Å². The van der Waals surface area contributed by atoms with Gasteiger partial charge in [-0.2, -0.15) is 0 Å². The van der Waals surface area contributed by atoms with Gasteiger partial charge in [-0.25, -0.2) is 4.79 Å². The third-order valence-electron chi connectivity index (χ3n) is 4.71. The molecular weight excluding hydrogens is 354 g/mol. The van der Waals surface area contributed by atoms with Crippen molar-refractivity contribution in [1.82, 2.24) is 4.90 Å². The summed E-state index contributed by atoms with van der Waals surface area (Å²) in [5.41, 5.74) is 2.86. The molecule has 0 aliphatic carbocycles. The number of rotatable bonds is 2. The third-order valence-corrected chi connectivity index (χ3v) is 5.12.